The number of phenolic OH excluding ortho intramolecular Hbond substituents is 4. The van der Waals surface area contributed by atoms with Crippen molar-refractivity contribution in [2.24, 2.45) is 0 Å². The van der Waals surface area contributed by atoms with Crippen LogP contribution in [0.2, 0.25) is 0 Å². The van der Waals surface area contributed by atoms with Crippen LogP contribution in [-0.2, 0) is 0 Å². The van der Waals surface area contributed by atoms with Gasteiger partial charge in [0.2, 0.25) is 0 Å². The zero-order chi connectivity index (χ0) is 23.9. The monoisotopic (exact) mass is 500 g/mol. The second kappa shape index (κ2) is 18.2. The zero-order valence-corrected chi connectivity index (χ0v) is 22.0. The Morgan fingerprint density at radius 2 is 0.471 bits per heavy atom. The molecule has 4 rings (SSSR count). The standard InChI is InChI=1S/4C7H8O.2H2S/c4*1-6-4-2-3-5-7(6)8;;/h4*2-5,8H,1H3;2*1H2. The van der Waals surface area contributed by atoms with E-state index in [0.29, 0.717) is 23.0 Å². The molecular formula is C28H36O4S2. The quantitative estimate of drug-likeness (QED) is 0.209. The first kappa shape index (κ1) is 33.0. The molecule has 0 spiro atoms. The fourth-order valence-corrected chi connectivity index (χ4v) is 2.25. The summed E-state index contributed by atoms with van der Waals surface area (Å²) in [5.41, 5.74) is 3.69. The molecule has 0 fully saturated rings. The number of phenols is 4. The smallest absolute Gasteiger partial charge is 0.118 e. The highest BCUT2D eigenvalue weighted by molar-refractivity contribution is 7.59. The van der Waals surface area contributed by atoms with Crippen molar-refractivity contribution in [3.05, 3.63) is 119 Å². The molecular weight excluding hydrogens is 464 g/mol. The van der Waals surface area contributed by atoms with E-state index in [0.717, 1.165) is 22.3 Å². The van der Waals surface area contributed by atoms with Gasteiger partial charge >= 0.3 is 0 Å². The second-order valence-corrected chi connectivity index (χ2v) is 7.15. The lowest BCUT2D eigenvalue weighted by atomic mass is 10.2. The Morgan fingerprint density at radius 1 is 0.324 bits per heavy atom. The van der Waals surface area contributed by atoms with Crippen LogP contribution in [0, 0.1) is 27.7 Å². The SMILES string of the molecule is Cc1ccccc1O.Cc1ccccc1O.Cc1ccccc1O.Cc1ccccc1O.S.S. The lowest BCUT2D eigenvalue weighted by Gasteiger charge is -1.92. The fraction of sp³-hybridized carbons (Fsp3) is 0.143. The largest absolute Gasteiger partial charge is 0.508 e. The Kier molecular flexibility index (Phi) is 17.7. The van der Waals surface area contributed by atoms with Gasteiger partial charge in [0, 0.05) is 0 Å². The first-order chi connectivity index (χ1) is 15.2. The molecule has 0 saturated heterocycles. The number of rotatable bonds is 0. The van der Waals surface area contributed by atoms with Crippen LogP contribution in [0.25, 0.3) is 0 Å². The number of aromatic hydroxyl groups is 4. The first-order valence-electron chi connectivity index (χ1n) is 10.2. The van der Waals surface area contributed by atoms with E-state index < -0.39 is 0 Å². The van der Waals surface area contributed by atoms with Crippen molar-refractivity contribution >= 4 is 27.0 Å². The van der Waals surface area contributed by atoms with Crippen molar-refractivity contribution in [2.75, 3.05) is 0 Å². The fourth-order valence-electron chi connectivity index (χ4n) is 2.25. The Hall–Kier alpha value is -3.22. The van der Waals surface area contributed by atoms with E-state index in [2.05, 4.69) is 0 Å². The second-order valence-electron chi connectivity index (χ2n) is 7.15. The predicted molar refractivity (Wildman–Crippen MR) is 152 cm³/mol. The molecule has 0 heterocycles. The Bertz CT molecular complexity index is 827. The number of aryl methyl sites for hydroxylation is 4. The lowest BCUT2D eigenvalue weighted by Crippen LogP contribution is -1.68. The normalized spacial score (nSPS) is 8.59. The van der Waals surface area contributed by atoms with Crippen molar-refractivity contribution in [1.29, 1.82) is 0 Å². The highest BCUT2D eigenvalue weighted by atomic mass is 32.1. The van der Waals surface area contributed by atoms with Gasteiger partial charge in [0.1, 0.15) is 23.0 Å². The van der Waals surface area contributed by atoms with E-state index in [1.54, 1.807) is 24.3 Å². The lowest BCUT2D eigenvalue weighted by molar-refractivity contribution is 0.470. The maximum Gasteiger partial charge on any atom is 0.118 e. The van der Waals surface area contributed by atoms with Crippen molar-refractivity contribution in [2.45, 2.75) is 27.7 Å². The van der Waals surface area contributed by atoms with E-state index in [-0.39, 0.29) is 27.0 Å². The minimum atomic E-state index is 0. The molecule has 0 unspecified atom stereocenters. The molecule has 4 aromatic rings. The van der Waals surface area contributed by atoms with Crippen LogP contribution in [0.5, 0.6) is 23.0 Å². The number of benzene rings is 4. The number of hydrogen-bond donors (Lipinski definition) is 4. The van der Waals surface area contributed by atoms with E-state index in [9.17, 15) is 0 Å². The molecule has 0 saturated carbocycles. The van der Waals surface area contributed by atoms with Gasteiger partial charge in [0.05, 0.1) is 0 Å². The highest BCUT2D eigenvalue weighted by Crippen LogP contribution is 2.14. The molecule has 0 amide bonds. The maximum absolute atomic E-state index is 8.92. The molecule has 0 aromatic heterocycles. The van der Waals surface area contributed by atoms with E-state index in [1.807, 2.05) is 100 Å². The van der Waals surface area contributed by atoms with Crippen molar-refractivity contribution < 1.29 is 20.4 Å². The molecule has 0 bridgehead atoms. The Balaban J connectivity index is 0. The van der Waals surface area contributed by atoms with E-state index in [4.69, 9.17) is 20.4 Å². The van der Waals surface area contributed by atoms with Crippen molar-refractivity contribution in [3.63, 3.8) is 0 Å². The summed E-state index contributed by atoms with van der Waals surface area (Å²) in [5.74, 6) is 1.47. The van der Waals surface area contributed by atoms with Gasteiger partial charge in [0.25, 0.3) is 0 Å². The van der Waals surface area contributed by atoms with Gasteiger partial charge in [0.15, 0.2) is 0 Å². The molecule has 0 aliphatic carbocycles. The molecule has 0 aliphatic rings. The van der Waals surface area contributed by atoms with Crippen LogP contribution in [0.1, 0.15) is 22.3 Å². The maximum atomic E-state index is 8.92. The summed E-state index contributed by atoms with van der Waals surface area (Å²) in [6.07, 6.45) is 0. The average Bonchev–Trinajstić information content (AvgIpc) is 2.78. The summed E-state index contributed by atoms with van der Waals surface area (Å²) in [4.78, 5) is 0. The molecule has 0 aliphatic heterocycles. The van der Waals surface area contributed by atoms with E-state index >= 15 is 0 Å². The summed E-state index contributed by atoms with van der Waals surface area (Å²) in [7, 11) is 0. The molecule has 0 atom stereocenters. The van der Waals surface area contributed by atoms with Gasteiger partial charge in [-0.25, -0.2) is 0 Å². The van der Waals surface area contributed by atoms with Crippen LogP contribution in [-0.4, -0.2) is 20.4 Å². The van der Waals surface area contributed by atoms with Crippen molar-refractivity contribution in [1.82, 2.24) is 0 Å². The third-order valence-electron chi connectivity index (χ3n) is 4.46. The molecule has 0 radical (unpaired) electrons. The predicted octanol–water partition coefficient (Wildman–Crippen LogP) is 7.03. The minimum absolute atomic E-state index is 0. The third kappa shape index (κ3) is 13.4. The Labute approximate surface area is 217 Å². The van der Waals surface area contributed by atoms with Gasteiger partial charge in [-0.2, -0.15) is 27.0 Å². The van der Waals surface area contributed by atoms with Crippen LogP contribution in [0.3, 0.4) is 0 Å². The summed E-state index contributed by atoms with van der Waals surface area (Å²) in [5, 5.41) is 35.7. The van der Waals surface area contributed by atoms with Crippen LogP contribution in [0.15, 0.2) is 97.1 Å². The zero-order valence-electron chi connectivity index (χ0n) is 20.0. The molecule has 34 heavy (non-hydrogen) atoms. The van der Waals surface area contributed by atoms with Crippen molar-refractivity contribution in [3.8, 4) is 23.0 Å². The van der Waals surface area contributed by atoms with Crippen LogP contribution < -0.4 is 0 Å². The van der Waals surface area contributed by atoms with Crippen LogP contribution >= 0.6 is 27.0 Å². The molecule has 4 N–H and O–H groups in total. The highest BCUT2D eigenvalue weighted by Gasteiger charge is 1.89. The van der Waals surface area contributed by atoms with Crippen LogP contribution in [0.4, 0.5) is 0 Å². The van der Waals surface area contributed by atoms with Gasteiger partial charge in [-0.3, -0.25) is 0 Å². The van der Waals surface area contributed by atoms with Gasteiger partial charge < -0.3 is 20.4 Å². The minimum Gasteiger partial charge on any atom is -0.508 e. The molecule has 4 aromatic carbocycles. The summed E-state index contributed by atoms with van der Waals surface area (Å²) in [6.45, 7) is 7.48. The molecule has 184 valence electrons. The first-order valence-corrected chi connectivity index (χ1v) is 10.2. The average molecular weight is 501 g/mol. The van der Waals surface area contributed by atoms with Gasteiger partial charge in [-0.05, 0) is 74.2 Å². The molecule has 4 nitrogen and oxygen atoms in total. The summed E-state index contributed by atoms with van der Waals surface area (Å²) < 4.78 is 0. The summed E-state index contributed by atoms with van der Waals surface area (Å²) in [6, 6.07) is 29.0. The van der Waals surface area contributed by atoms with E-state index in [1.165, 1.54) is 0 Å². The number of hydrogen-bond acceptors (Lipinski definition) is 4. The third-order valence-corrected chi connectivity index (χ3v) is 4.46. The summed E-state index contributed by atoms with van der Waals surface area (Å²) >= 11 is 0. The van der Waals surface area contributed by atoms with Gasteiger partial charge in [-0.15, -0.1) is 0 Å². The topological polar surface area (TPSA) is 80.9 Å². The Morgan fingerprint density at radius 3 is 0.559 bits per heavy atom. The number of para-hydroxylation sites is 4. The molecule has 6 heteroatoms. The van der Waals surface area contributed by atoms with Gasteiger partial charge in [-0.1, -0.05) is 72.8 Å².